The Morgan fingerprint density at radius 2 is 1.91 bits per heavy atom. The molecule has 1 aromatic carbocycles. The summed E-state index contributed by atoms with van der Waals surface area (Å²) in [6, 6.07) is 5.08. The summed E-state index contributed by atoms with van der Waals surface area (Å²) < 4.78 is 0. The van der Waals surface area contributed by atoms with Crippen molar-refractivity contribution in [3.05, 3.63) is 33.8 Å². The number of rotatable bonds is 6. The number of carbonyl (C=O) groups is 1. The van der Waals surface area contributed by atoms with Crippen LogP contribution in [0.1, 0.15) is 31.1 Å². The van der Waals surface area contributed by atoms with Gasteiger partial charge < -0.3 is 16.0 Å². The average molecular weight is 473 g/mol. The highest BCUT2D eigenvalue weighted by Gasteiger charge is 2.07. The summed E-state index contributed by atoms with van der Waals surface area (Å²) >= 11 is 11.7. The van der Waals surface area contributed by atoms with E-state index in [-0.39, 0.29) is 29.9 Å². The predicted molar refractivity (Wildman–Crippen MR) is 108 cm³/mol. The molecule has 5 nitrogen and oxygen atoms in total. The number of nitrogens with one attached hydrogen (secondary N) is 3. The van der Waals surface area contributed by atoms with Crippen LogP contribution in [-0.2, 0) is 0 Å². The van der Waals surface area contributed by atoms with Gasteiger partial charge in [0.2, 0.25) is 0 Å². The van der Waals surface area contributed by atoms with Crippen LogP contribution in [0.25, 0.3) is 0 Å². The van der Waals surface area contributed by atoms with E-state index in [0.717, 1.165) is 12.5 Å². The maximum atomic E-state index is 12.0. The maximum Gasteiger partial charge on any atom is 0.251 e. The normalized spacial score (nSPS) is 11.0. The number of carbonyl (C=O) groups excluding carboxylic acids is 1. The molecule has 0 atom stereocenters. The summed E-state index contributed by atoms with van der Waals surface area (Å²) in [7, 11) is 0. The molecular weight excluding hydrogens is 450 g/mol. The quantitative estimate of drug-likeness (QED) is 0.257. The first kappa shape index (κ1) is 22.3. The van der Waals surface area contributed by atoms with Crippen molar-refractivity contribution in [1.82, 2.24) is 16.0 Å². The standard InChI is InChI=1S/C15H22Cl2N4O.HI/c1-4-18-15(21-10(2)3)20-8-7-19-14(22)11-5-6-12(16)13(17)9-11;/h5-6,9-10H,4,7-8H2,1-3H3,(H,19,22)(H2,18,20,21);1H. The lowest BCUT2D eigenvalue weighted by Crippen LogP contribution is -2.41. The molecule has 1 rings (SSSR count). The minimum atomic E-state index is -0.199. The second kappa shape index (κ2) is 11.8. The second-order valence-corrected chi connectivity index (χ2v) is 5.76. The van der Waals surface area contributed by atoms with Gasteiger partial charge in [-0.1, -0.05) is 23.2 Å². The number of amides is 1. The van der Waals surface area contributed by atoms with E-state index >= 15 is 0 Å². The van der Waals surface area contributed by atoms with Gasteiger partial charge in [0.15, 0.2) is 5.96 Å². The Morgan fingerprint density at radius 1 is 1.22 bits per heavy atom. The van der Waals surface area contributed by atoms with Gasteiger partial charge in [-0.15, -0.1) is 24.0 Å². The first-order chi connectivity index (χ1) is 10.4. The minimum absolute atomic E-state index is 0. The van der Waals surface area contributed by atoms with Crippen LogP contribution >= 0.6 is 47.2 Å². The molecule has 23 heavy (non-hydrogen) atoms. The van der Waals surface area contributed by atoms with Crippen molar-refractivity contribution in [2.75, 3.05) is 19.6 Å². The van der Waals surface area contributed by atoms with Gasteiger partial charge in [0.25, 0.3) is 5.91 Å². The average Bonchev–Trinajstić information content (AvgIpc) is 2.45. The van der Waals surface area contributed by atoms with Crippen LogP contribution in [0, 0.1) is 0 Å². The number of benzene rings is 1. The van der Waals surface area contributed by atoms with Gasteiger partial charge in [-0.25, -0.2) is 0 Å². The zero-order valence-corrected chi connectivity index (χ0v) is 17.3. The van der Waals surface area contributed by atoms with E-state index in [1.54, 1.807) is 18.2 Å². The van der Waals surface area contributed by atoms with Gasteiger partial charge in [-0.2, -0.15) is 0 Å². The molecule has 0 heterocycles. The van der Waals surface area contributed by atoms with Crippen LogP contribution in [0.4, 0.5) is 0 Å². The number of guanidine groups is 1. The SMILES string of the molecule is CCNC(=NCCNC(=O)c1ccc(Cl)c(Cl)c1)NC(C)C.I. The van der Waals surface area contributed by atoms with Gasteiger partial charge in [-0.05, 0) is 39.0 Å². The van der Waals surface area contributed by atoms with E-state index in [1.807, 2.05) is 20.8 Å². The first-order valence-corrected chi connectivity index (χ1v) is 7.97. The van der Waals surface area contributed by atoms with Gasteiger partial charge in [-0.3, -0.25) is 9.79 Å². The molecule has 1 amide bonds. The Balaban J connectivity index is 0.00000484. The first-order valence-electron chi connectivity index (χ1n) is 7.22. The van der Waals surface area contributed by atoms with E-state index in [1.165, 1.54) is 0 Å². The lowest BCUT2D eigenvalue weighted by Gasteiger charge is -2.14. The van der Waals surface area contributed by atoms with Gasteiger partial charge in [0.1, 0.15) is 0 Å². The summed E-state index contributed by atoms with van der Waals surface area (Å²) in [6.07, 6.45) is 0. The van der Waals surface area contributed by atoms with Crippen LogP contribution < -0.4 is 16.0 Å². The third-order valence-corrected chi connectivity index (χ3v) is 3.36. The predicted octanol–water partition coefficient (Wildman–Crippen LogP) is 3.30. The van der Waals surface area contributed by atoms with E-state index in [9.17, 15) is 4.79 Å². The number of halogens is 3. The Kier molecular flexibility index (Phi) is 11.4. The Morgan fingerprint density at radius 3 is 2.48 bits per heavy atom. The number of aliphatic imine (C=N–C) groups is 1. The van der Waals surface area contributed by atoms with Crippen molar-refractivity contribution in [3.63, 3.8) is 0 Å². The number of nitrogens with zero attached hydrogens (tertiary/aromatic N) is 1. The highest BCUT2D eigenvalue weighted by Crippen LogP contribution is 2.22. The van der Waals surface area contributed by atoms with Crippen molar-refractivity contribution in [2.45, 2.75) is 26.8 Å². The van der Waals surface area contributed by atoms with Gasteiger partial charge in [0, 0.05) is 24.7 Å². The molecule has 130 valence electrons. The minimum Gasteiger partial charge on any atom is -0.357 e. The molecule has 3 N–H and O–H groups in total. The van der Waals surface area contributed by atoms with Crippen LogP contribution in [0.2, 0.25) is 10.0 Å². The molecule has 0 spiro atoms. The lowest BCUT2D eigenvalue weighted by molar-refractivity contribution is 0.0955. The summed E-state index contributed by atoms with van der Waals surface area (Å²) in [4.78, 5) is 16.3. The smallest absolute Gasteiger partial charge is 0.251 e. The third-order valence-electron chi connectivity index (χ3n) is 2.62. The van der Waals surface area contributed by atoms with E-state index < -0.39 is 0 Å². The zero-order valence-electron chi connectivity index (χ0n) is 13.5. The molecule has 0 aliphatic carbocycles. The maximum absolute atomic E-state index is 12.0. The summed E-state index contributed by atoms with van der Waals surface area (Å²) in [5.74, 6) is 0.539. The molecule has 0 aliphatic heterocycles. The molecule has 0 saturated carbocycles. The Bertz CT molecular complexity index is 538. The molecule has 0 aliphatic rings. The summed E-state index contributed by atoms with van der Waals surface area (Å²) in [6.45, 7) is 7.79. The van der Waals surface area contributed by atoms with E-state index in [2.05, 4.69) is 20.9 Å². The van der Waals surface area contributed by atoms with Gasteiger partial charge in [0.05, 0.1) is 16.6 Å². The van der Waals surface area contributed by atoms with Crippen molar-refractivity contribution >= 4 is 59.0 Å². The molecule has 1 aromatic rings. The lowest BCUT2D eigenvalue weighted by atomic mass is 10.2. The van der Waals surface area contributed by atoms with E-state index in [4.69, 9.17) is 23.2 Å². The Labute approximate surface area is 164 Å². The highest BCUT2D eigenvalue weighted by molar-refractivity contribution is 14.0. The molecule has 0 radical (unpaired) electrons. The topological polar surface area (TPSA) is 65.5 Å². The third kappa shape index (κ3) is 8.62. The second-order valence-electron chi connectivity index (χ2n) is 4.94. The van der Waals surface area contributed by atoms with Crippen LogP contribution in [0.3, 0.4) is 0 Å². The van der Waals surface area contributed by atoms with Crippen LogP contribution in [0.15, 0.2) is 23.2 Å². The molecule has 0 saturated heterocycles. The molecular formula is C15H23Cl2IN4O. The zero-order chi connectivity index (χ0) is 16.5. The van der Waals surface area contributed by atoms with Crippen molar-refractivity contribution in [1.29, 1.82) is 0 Å². The molecule has 0 bridgehead atoms. The van der Waals surface area contributed by atoms with Crippen molar-refractivity contribution in [3.8, 4) is 0 Å². The number of hydrogen-bond acceptors (Lipinski definition) is 2. The van der Waals surface area contributed by atoms with Crippen LogP contribution in [-0.4, -0.2) is 37.5 Å². The fourth-order valence-electron chi connectivity index (χ4n) is 1.67. The van der Waals surface area contributed by atoms with Crippen molar-refractivity contribution in [2.24, 2.45) is 4.99 Å². The molecule has 0 fully saturated rings. The summed E-state index contributed by atoms with van der Waals surface area (Å²) in [5, 5.41) is 9.94. The van der Waals surface area contributed by atoms with E-state index in [0.29, 0.717) is 34.7 Å². The number of hydrogen-bond donors (Lipinski definition) is 3. The molecule has 0 unspecified atom stereocenters. The van der Waals surface area contributed by atoms with Crippen molar-refractivity contribution < 1.29 is 4.79 Å². The largest absolute Gasteiger partial charge is 0.357 e. The molecule has 0 aromatic heterocycles. The fraction of sp³-hybridized carbons (Fsp3) is 0.467. The van der Waals surface area contributed by atoms with Crippen LogP contribution in [0.5, 0.6) is 0 Å². The fourth-order valence-corrected chi connectivity index (χ4v) is 1.97. The Hall–Kier alpha value is -0.730. The van der Waals surface area contributed by atoms with Gasteiger partial charge >= 0.3 is 0 Å². The highest BCUT2D eigenvalue weighted by atomic mass is 127. The molecule has 8 heteroatoms. The summed E-state index contributed by atoms with van der Waals surface area (Å²) in [5.41, 5.74) is 0.477. The monoisotopic (exact) mass is 472 g/mol.